The molecule has 0 spiro atoms. The number of halogens is 7. The number of hydrogen-bond acceptors (Lipinski definition) is 1. The zero-order valence-electron chi connectivity index (χ0n) is 9.44. The number of rotatable bonds is 2. The largest absolute Gasteiger partial charge is 0.416 e. The predicted octanol–water partition coefficient (Wildman–Crippen LogP) is 6.81. The van der Waals surface area contributed by atoms with Crippen molar-refractivity contribution in [2.75, 3.05) is 0 Å². The van der Waals surface area contributed by atoms with Crippen molar-refractivity contribution in [2.24, 2.45) is 0 Å². The maximum atomic E-state index is 13.8. The van der Waals surface area contributed by atoms with Crippen molar-refractivity contribution < 1.29 is 17.6 Å². The molecular formula is C12H5Br2ClF4S. The summed E-state index contributed by atoms with van der Waals surface area (Å²) < 4.78 is 52.9. The van der Waals surface area contributed by atoms with Crippen LogP contribution in [0.2, 0.25) is 4.34 Å². The molecule has 0 fully saturated rings. The van der Waals surface area contributed by atoms with Crippen molar-refractivity contribution in [3.05, 3.63) is 54.9 Å². The molecule has 0 aliphatic heterocycles. The molecule has 0 bridgehead atoms. The van der Waals surface area contributed by atoms with Gasteiger partial charge in [0.25, 0.3) is 0 Å². The lowest BCUT2D eigenvalue weighted by molar-refractivity contribution is -0.137. The first-order chi connectivity index (χ1) is 9.20. The van der Waals surface area contributed by atoms with E-state index in [9.17, 15) is 17.6 Å². The third-order valence-corrected chi connectivity index (χ3v) is 6.34. The van der Waals surface area contributed by atoms with Crippen LogP contribution in [-0.4, -0.2) is 0 Å². The van der Waals surface area contributed by atoms with Crippen LogP contribution in [-0.2, 0) is 6.18 Å². The highest BCUT2D eigenvalue weighted by Gasteiger charge is 2.32. The Balaban J connectivity index is 2.46. The normalized spacial score (nSPS) is 13.6. The molecule has 0 amide bonds. The second-order valence-electron chi connectivity index (χ2n) is 3.87. The van der Waals surface area contributed by atoms with Gasteiger partial charge in [0.15, 0.2) is 0 Å². The summed E-state index contributed by atoms with van der Waals surface area (Å²) >= 11 is 13.5. The minimum absolute atomic E-state index is 0.0785. The summed E-state index contributed by atoms with van der Waals surface area (Å²) in [5, 5.41) is 0. The molecule has 2 rings (SSSR count). The van der Waals surface area contributed by atoms with E-state index in [1.165, 1.54) is 0 Å². The van der Waals surface area contributed by atoms with Crippen molar-refractivity contribution in [3.63, 3.8) is 0 Å². The Kier molecular flexibility index (Phi) is 4.83. The van der Waals surface area contributed by atoms with Gasteiger partial charge < -0.3 is 0 Å². The number of hydrogen-bond donors (Lipinski definition) is 0. The maximum Gasteiger partial charge on any atom is 0.416 e. The summed E-state index contributed by atoms with van der Waals surface area (Å²) in [4.78, 5) is -0.0845. The third-order valence-electron chi connectivity index (χ3n) is 2.51. The summed E-state index contributed by atoms with van der Waals surface area (Å²) in [7, 11) is 0. The summed E-state index contributed by atoms with van der Waals surface area (Å²) in [6.45, 7) is 0. The van der Waals surface area contributed by atoms with E-state index in [4.69, 9.17) is 11.6 Å². The van der Waals surface area contributed by atoms with Gasteiger partial charge in [-0.25, -0.2) is 4.39 Å². The van der Waals surface area contributed by atoms with Crippen molar-refractivity contribution in [2.45, 2.75) is 11.0 Å². The maximum absolute atomic E-state index is 13.8. The molecule has 0 saturated carbocycles. The molecule has 20 heavy (non-hydrogen) atoms. The molecule has 0 aliphatic carbocycles. The Labute approximate surface area is 138 Å². The molecule has 1 aromatic carbocycles. The van der Waals surface area contributed by atoms with Crippen LogP contribution in [0, 0.1) is 5.82 Å². The van der Waals surface area contributed by atoms with Crippen LogP contribution in [0.15, 0.2) is 28.7 Å². The van der Waals surface area contributed by atoms with E-state index < -0.39 is 22.4 Å². The Morgan fingerprint density at radius 1 is 1.20 bits per heavy atom. The van der Waals surface area contributed by atoms with Crippen LogP contribution in [0.5, 0.6) is 0 Å². The van der Waals surface area contributed by atoms with Gasteiger partial charge in [-0.05, 0) is 40.2 Å². The zero-order chi connectivity index (χ0) is 15.1. The first-order valence-corrected chi connectivity index (χ1v) is 8.06. The van der Waals surface area contributed by atoms with Crippen molar-refractivity contribution in [1.29, 1.82) is 0 Å². The van der Waals surface area contributed by atoms with Crippen LogP contribution in [0.25, 0.3) is 0 Å². The molecule has 2 aromatic rings. The molecule has 1 aromatic heterocycles. The van der Waals surface area contributed by atoms with Crippen LogP contribution >= 0.6 is 54.8 Å². The fraction of sp³-hybridized carbons (Fsp3) is 0.167. The van der Waals surface area contributed by atoms with Crippen LogP contribution < -0.4 is 0 Å². The highest BCUT2D eigenvalue weighted by atomic mass is 79.9. The van der Waals surface area contributed by atoms with E-state index >= 15 is 0 Å². The van der Waals surface area contributed by atoms with Gasteiger partial charge in [0.05, 0.1) is 10.4 Å². The van der Waals surface area contributed by atoms with Gasteiger partial charge in [-0.1, -0.05) is 27.5 Å². The van der Waals surface area contributed by atoms with Gasteiger partial charge in [0.1, 0.15) is 10.2 Å². The van der Waals surface area contributed by atoms with Crippen LogP contribution in [0.1, 0.15) is 20.8 Å². The fourth-order valence-corrected chi connectivity index (χ4v) is 4.05. The van der Waals surface area contributed by atoms with Crippen molar-refractivity contribution >= 4 is 54.8 Å². The number of alkyl halides is 4. The monoisotopic (exact) mass is 450 g/mol. The highest BCUT2D eigenvalue weighted by molar-refractivity contribution is 9.10. The molecule has 0 aliphatic rings. The molecule has 1 atom stereocenters. The molecule has 0 radical (unpaired) electrons. The van der Waals surface area contributed by atoms with Gasteiger partial charge in [-0.15, -0.1) is 11.3 Å². The average molecular weight is 452 g/mol. The Morgan fingerprint density at radius 2 is 1.85 bits per heavy atom. The molecule has 8 heteroatoms. The van der Waals surface area contributed by atoms with E-state index in [-0.39, 0.29) is 5.56 Å². The average Bonchev–Trinajstić information content (AvgIpc) is 2.68. The number of benzene rings is 1. The quantitative estimate of drug-likeness (QED) is 0.347. The Bertz CT molecular complexity index is 619. The lowest BCUT2D eigenvalue weighted by atomic mass is 10.1. The minimum atomic E-state index is -4.51. The topological polar surface area (TPSA) is 0 Å². The Morgan fingerprint density at radius 3 is 2.35 bits per heavy atom. The lowest BCUT2D eigenvalue weighted by Gasteiger charge is -2.13. The van der Waals surface area contributed by atoms with E-state index in [0.29, 0.717) is 13.7 Å². The van der Waals surface area contributed by atoms with Gasteiger partial charge in [-0.2, -0.15) is 13.2 Å². The second kappa shape index (κ2) is 5.94. The zero-order valence-corrected chi connectivity index (χ0v) is 14.2. The first-order valence-electron chi connectivity index (χ1n) is 5.15. The first kappa shape index (κ1) is 16.3. The fourth-order valence-electron chi connectivity index (χ4n) is 1.56. The lowest BCUT2D eigenvalue weighted by Crippen LogP contribution is -2.07. The summed E-state index contributed by atoms with van der Waals surface area (Å²) in [6, 6.07) is 3.98. The molecule has 108 valence electrons. The van der Waals surface area contributed by atoms with Gasteiger partial charge >= 0.3 is 6.18 Å². The van der Waals surface area contributed by atoms with Gasteiger partial charge in [-0.3, -0.25) is 0 Å². The predicted molar refractivity (Wildman–Crippen MR) is 79.2 cm³/mol. The third kappa shape index (κ3) is 3.37. The Hall–Kier alpha value is -0.110. The van der Waals surface area contributed by atoms with E-state index in [2.05, 4.69) is 31.9 Å². The minimum Gasteiger partial charge on any atom is -0.207 e. The standard InChI is InChI=1S/C12H5Br2ClF4S/c13-7-4-9(20-11(7)15)10(14)6-3-5(12(17,18)19)1-2-8(6)16/h1-4,10H. The van der Waals surface area contributed by atoms with Crippen LogP contribution in [0.3, 0.4) is 0 Å². The van der Waals surface area contributed by atoms with E-state index in [0.717, 1.165) is 29.5 Å². The molecule has 1 unspecified atom stereocenters. The molecule has 0 N–H and O–H groups in total. The second-order valence-corrected chi connectivity index (χ2v) is 7.32. The van der Waals surface area contributed by atoms with Crippen molar-refractivity contribution in [1.82, 2.24) is 0 Å². The van der Waals surface area contributed by atoms with E-state index in [1.807, 2.05) is 0 Å². The SMILES string of the molecule is Fc1ccc(C(F)(F)F)cc1C(Br)c1cc(Br)c(Cl)s1. The van der Waals surface area contributed by atoms with Gasteiger partial charge in [0.2, 0.25) is 0 Å². The van der Waals surface area contributed by atoms with E-state index in [1.54, 1.807) is 6.07 Å². The summed E-state index contributed by atoms with van der Waals surface area (Å²) in [6.07, 6.45) is -4.51. The highest BCUT2D eigenvalue weighted by Crippen LogP contribution is 2.43. The molecular weight excluding hydrogens is 447 g/mol. The van der Waals surface area contributed by atoms with Gasteiger partial charge in [0, 0.05) is 14.9 Å². The van der Waals surface area contributed by atoms with Crippen molar-refractivity contribution in [3.8, 4) is 0 Å². The smallest absolute Gasteiger partial charge is 0.207 e. The summed E-state index contributed by atoms with van der Waals surface area (Å²) in [5.41, 5.74) is -0.967. The molecule has 0 saturated heterocycles. The van der Waals surface area contributed by atoms with Crippen LogP contribution in [0.4, 0.5) is 17.6 Å². The summed E-state index contributed by atoms with van der Waals surface area (Å²) in [5.74, 6) is -0.708. The number of thiophene rings is 1. The molecule has 0 nitrogen and oxygen atoms in total. The molecule has 1 heterocycles.